The van der Waals surface area contributed by atoms with Gasteiger partial charge in [0.25, 0.3) is 0 Å². The maximum Gasteiger partial charge on any atom is 0.410 e. The van der Waals surface area contributed by atoms with Gasteiger partial charge in [-0.2, -0.15) is 0 Å². The van der Waals surface area contributed by atoms with Crippen molar-refractivity contribution in [2.45, 2.75) is 64.9 Å². The molecule has 2 aliphatic rings. The summed E-state index contributed by atoms with van der Waals surface area (Å²) in [4.78, 5) is 13.9. The summed E-state index contributed by atoms with van der Waals surface area (Å²) in [6.07, 6.45) is 1.82. The number of nitrogens with zero attached hydrogens (tertiary/aromatic N) is 1. The lowest BCUT2D eigenvalue weighted by atomic mass is 9.96. The number of ether oxygens (including phenoxy) is 3. The smallest absolute Gasteiger partial charge is 0.410 e. The number of nitrogens with one attached hydrogen (secondary N) is 1. The Labute approximate surface area is 139 Å². The van der Waals surface area contributed by atoms with Crippen molar-refractivity contribution in [1.29, 1.82) is 0 Å². The minimum atomic E-state index is -0.461. The van der Waals surface area contributed by atoms with Crippen LogP contribution in [0.15, 0.2) is 0 Å². The van der Waals surface area contributed by atoms with Crippen LogP contribution in [0.4, 0.5) is 4.79 Å². The van der Waals surface area contributed by atoms with Gasteiger partial charge >= 0.3 is 6.09 Å². The molecule has 1 amide bonds. The fraction of sp³-hybridized carbons (Fsp3) is 0.941. The first-order valence-electron chi connectivity index (χ1n) is 8.64. The fourth-order valence-corrected chi connectivity index (χ4v) is 2.79. The summed E-state index contributed by atoms with van der Waals surface area (Å²) in [5, 5.41) is 3.53. The number of hydrogen-bond acceptors (Lipinski definition) is 5. The highest BCUT2D eigenvalue weighted by Gasteiger charge is 2.30. The van der Waals surface area contributed by atoms with E-state index in [9.17, 15) is 4.79 Å². The first-order valence-corrected chi connectivity index (χ1v) is 8.64. The molecule has 2 saturated heterocycles. The molecule has 23 heavy (non-hydrogen) atoms. The van der Waals surface area contributed by atoms with Gasteiger partial charge in [0.15, 0.2) is 5.79 Å². The predicted octanol–water partition coefficient (Wildman–Crippen LogP) is 2.37. The van der Waals surface area contributed by atoms with Crippen molar-refractivity contribution >= 4 is 6.09 Å². The van der Waals surface area contributed by atoms with Crippen LogP contribution in [0, 0.1) is 5.92 Å². The van der Waals surface area contributed by atoms with Crippen molar-refractivity contribution in [3.05, 3.63) is 0 Å². The Morgan fingerprint density at radius 1 is 1.22 bits per heavy atom. The van der Waals surface area contributed by atoms with Crippen LogP contribution in [-0.2, 0) is 14.2 Å². The molecule has 2 rings (SSSR count). The van der Waals surface area contributed by atoms with Crippen molar-refractivity contribution < 1.29 is 19.0 Å². The van der Waals surface area contributed by atoms with Crippen LogP contribution in [0.25, 0.3) is 0 Å². The fourth-order valence-electron chi connectivity index (χ4n) is 2.79. The third-order valence-electron chi connectivity index (χ3n) is 4.23. The quantitative estimate of drug-likeness (QED) is 0.862. The molecule has 0 spiro atoms. The highest BCUT2D eigenvalue weighted by molar-refractivity contribution is 5.68. The molecule has 2 fully saturated rings. The molecule has 6 heteroatoms. The van der Waals surface area contributed by atoms with Crippen LogP contribution < -0.4 is 5.32 Å². The first-order chi connectivity index (χ1) is 10.6. The molecule has 0 aromatic carbocycles. The number of piperidine rings is 1. The van der Waals surface area contributed by atoms with Crippen LogP contribution >= 0.6 is 0 Å². The number of likely N-dealkylation sites (tertiary alicyclic amines) is 1. The Hall–Kier alpha value is -0.850. The van der Waals surface area contributed by atoms with Crippen molar-refractivity contribution in [3.63, 3.8) is 0 Å². The monoisotopic (exact) mass is 328 g/mol. The zero-order chi connectivity index (χ0) is 17.1. The summed E-state index contributed by atoms with van der Waals surface area (Å²) in [5.41, 5.74) is -0.426. The van der Waals surface area contributed by atoms with Gasteiger partial charge in [-0.1, -0.05) is 0 Å². The molecule has 134 valence electrons. The van der Waals surface area contributed by atoms with E-state index in [0.29, 0.717) is 19.1 Å². The summed E-state index contributed by atoms with van der Waals surface area (Å²) in [6, 6.07) is 0.256. The molecule has 0 aliphatic carbocycles. The largest absolute Gasteiger partial charge is 0.444 e. The Morgan fingerprint density at radius 3 is 2.30 bits per heavy atom. The third kappa shape index (κ3) is 6.28. The van der Waals surface area contributed by atoms with Crippen molar-refractivity contribution in [3.8, 4) is 0 Å². The molecule has 0 aromatic rings. The first kappa shape index (κ1) is 18.5. The topological polar surface area (TPSA) is 60.0 Å². The molecule has 0 unspecified atom stereocenters. The van der Waals surface area contributed by atoms with Crippen molar-refractivity contribution in [1.82, 2.24) is 10.2 Å². The number of amides is 1. The standard InChI is InChI=1S/C17H32N2O4/c1-16(2,3)23-15(20)19-8-6-13(7-9-19)10-18-14-11-21-17(4,5)22-12-14/h13-14,18H,6-12H2,1-5H3. The summed E-state index contributed by atoms with van der Waals surface area (Å²) in [7, 11) is 0. The highest BCUT2D eigenvalue weighted by Crippen LogP contribution is 2.20. The molecule has 0 saturated carbocycles. The van der Waals surface area contributed by atoms with Crippen LogP contribution in [0.2, 0.25) is 0 Å². The van der Waals surface area contributed by atoms with E-state index in [1.54, 1.807) is 0 Å². The normalized spacial score (nSPS) is 23.8. The lowest BCUT2D eigenvalue weighted by molar-refractivity contribution is -0.253. The summed E-state index contributed by atoms with van der Waals surface area (Å²) >= 11 is 0. The average molecular weight is 328 g/mol. The van der Waals surface area contributed by atoms with Crippen LogP contribution in [-0.4, -0.2) is 61.3 Å². The molecule has 1 N–H and O–H groups in total. The van der Waals surface area contributed by atoms with Gasteiger partial charge in [-0.05, 0) is 59.9 Å². The molecular weight excluding hydrogens is 296 g/mol. The van der Waals surface area contributed by atoms with E-state index in [2.05, 4.69) is 5.32 Å². The molecule has 2 heterocycles. The Bertz CT molecular complexity index is 388. The zero-order valence-electron chi connectivity index (χ0n) is 15.2. The van der Waals surface area contributed by atoms with Gasteiger partial charge in [0.2, 0.25) is 0 Å². The SMILES string of the molecule is CC(C)(C)OC(=O)N1CCC(CNC2COC(C)(C)OC2)CC1. The number of carbonyl (C=O) groups is 1. The maximum atomic E-state index is 12.0. The third-order valence-corrected chi connectivity index (χ3v) is 4.23. The van der Waals surface area contributed by atoms with Gasteiger partial charge in [-0.25, -0.2) is 4.79 Å². The van der Waals surface area contributed by atoms with Gasteiger partial charge in [0.1, 0.15) is 5.60 Å². The molecule has 0 atom stereocenters. The summed E-state index contributed by atoms with van der Waals surface area (Å²) in [6.45, 7) is 13.4. The summed E-state index contributed by atoms with van der Waals surface area (Å²) < 4.78 is 16.7. The van der Waals surface area contributed by atoms with E-state index in [-0.39, 0.29) is 12.1 Å². The van der Waals surface area contributed by atoms with Crippen molar-refractivity contribution in [2.24, 2.45) is 5.92 Å². The zero-order valence-corrected chi connectivity index (χ0v) is 15.2. The molecule has 0 radical (unpaired) electrons. The lowest BCUT2D eigenvalue weighted by Gasteiger charge is -2.37. The molecule has 6 nitrogen and oxygen atoms in total. The minimum Gasteiger partial charge on any atom is -0.444 e. The van der Waals surface area contributed by atoms with Crippen LogP contribution in [0.5, 0.6) is 0 Å². The molecule has 0 bridgehead atoms. The second kappa shape index (κ2) is 7.36. The van der Waals surface area contributed by atoms with E-state index in [1.807, 2.05) is 39.5 Å². The Kier molecular flexibility index (Phi) is 5.92. The average Bonchev–Trinajstić information content (AvgIpc) is 2.45. The molecule has 0 aromatic heterocycles. The maximum absolute atomic E-state index is 12.0. The van der Waals surface area contributed by atoms with Crippen molar-refractivity contribution in [2.75, 3.05) is 32.8 Å². The van der Waals surface area contributed by atoms with E-state index in [1.165, 1.54) is 0 Å². The second-order valence-corrected chi connectivity index (χ2v) is 8.04. The number of hydrogen-bond donors (Lipinski definition) is 1. The number of carbonyl (C=O) groups excluding carboxylic acids is 1. The summed E-state index contributed by atoms with van der Waals surface area (Å²) in [5.74, 6) is 0.125. The lowest BCUT2D eigenvalue weighted by Crippen LogP contribution is -2.50. The minimum absolute atomic E-state index is 0.194. The van der Waals surface area contributed by atoms with E-state index >= 15 is 0 Å². The second-order valence-electron chi connectivity index (χ2n) is 8.04. The van der Waals surface area contributed by atoms with Gasteiger partial charge in [0, 0.05) is 13.1 Å². The highest BCUT2D eigenvalue weighted by atomic mass is 16.7. The van der Waals surface area contributed by atoms with Gasteiger partial charge in [0.05, 0.1) is 19.3 Å². The van der Waals surface area contributed by atoms with Gasteiger partial charge in [-0.3, -0.25) is 0 Å². The molecule has 2 aliphatic heterocycles. The number of rotatable bonds is 3. The van der Waals surface area contributed by atoms with E-state index < -0.39 is 11.4 Å². The van der Waals surface area contributed by atoms with E-state index in [4.69, 9.17) is 14.2 Å². The van der Waals surface area contributed by atoms with E-state index in [0.717, 1.165) is 32.5 Å². The predicted molar refractivity (Wildman–Crippen MR) is 88.3 cm³/mol. The molecular formula is C17H32N2O4. The van der Waals surface area contributed by atoms with Gasteiger partial charge in [-0.15, -0.1) is 0 Å². The Morgan fingerprint density at radius 2 is 1.78 bits per heavy atom. The Balaban J connectivity index is 1.64. The van der Waals surface area contributed by atoms with Crippen LogP contribution in [0.3, 0.4) is 0 Å². The van der Waals surface area contributed by atoms with Gasteiger partial charge < -0.3 is 24.4 Å². The van der Waals surface area contributed by atoms with Crippen LogP contribution in [0.1, 0.15) is 47.5 Å².